The third-order valence-electron chi connectivity index (χ3n) is 2.47. The number of carbonyl (C=O) groups is 1. The standard InChI is InChI=1S/C10H10N2O6/c1-6-8(4-11(15)16)2-7(10(13)14)3-9(6)5-12(17)18/h2-3H,4-5H2,1H3,(H,13,14). The normalized spacial score (nSPS) is 10.1. The Morgan fingerprint density at radius 2 is 1.56 bits per heavy atom. The minimum absolute atomic E-state index is 0.178. The molecule has 1 aromatic carbocycles. The van der Waals surface area contributed by atoms with Crippen LogP contribution in [0.15, 0.2) is 12.1 Å². The van der Waals surface area contributed by atoms with Crippen molar-refractivity contribution in [3.05, 3.63) is 54.6 Å². The molecule has 0 aromatic heterocycles. The first-order chi connectivity index (χ1) is 8.31. The molecule has 0 saturated heterocycles. The van der Waals surface area contributed by atoms with E-state index < -0.39 is 28.9 Å². The molecule has 1 rings (SSSR count). The highest BCUT2D eigenvalue weighted by molar-refractivity contribution is 5.88. The largest absolute Gasteiger partial charge is 0.478 e. The van der Waals surface area contributed by atoms with Gasteiger partial charge in [-0.2, -0.15) is 0 Å². The zero-order valence-electron chi connectivity index (χ0n) is 9.45. The molecule has 0 unspecified atom stereocenters. The lowest BCUT2D eigenvalue weighted by molar-refractivity contribution is -0.498. The van der Waals surface area contributed by atoms with Crippen molar-refractivity contribution in [1.82, 2.24) is 0 Å². The van der Waals surface area contributed by atoms with E-state index >= 15 is 0 Å². The fourth-order valence-electron chi connectivity index (χ4n) is 1.57. The third-order valence-corrected chi connectivity index (χ3v) is 2.47. The molecule has 8 heteroatoms. The Balaban J connectivity index is 3.32. The Kier molecular flexibility index (Phi) is 3.93. The Labute approximate surface area is 101 Å². The highest BCUT2D eigenvalue weighted by atomic mass is 16.6. The molecular weight excluding hydrogens is 244 g/mol. The van der Waals surface area contributed by atoms with Crippen molar-refractivity contribution in [2.75, 3.05) is 0 Å². The van der Waals surface area contributed by atoms with Gasteiger partial charge in [-0.1, -0.05) is 0 Å². The number of hydrogen-bond donors (Lipinski definition) is 1. The van der Waals surface area contributed by atoms with E-state index in [2.05, 4.69) is 0 Å². The van der Waals surface area contributed by atoms with Gasteiger partial charge < -0.3 is 5.11 Å². The zero-order chi connectivity index (χ0) is 13.9. The van der Waals surface area contributed by atoms with Crippen molar-refractivity contribution in [2.45, 2.75) is 20.0 Å². The van der Waals surface area contributed by atoms with E-state index in [1.54, 1.807) is 0 Å². The molecule has 0 bridgehead atoms. The molecule has 0 aliphatic carbocycles. The monoisotopic (exact) mass is 254 g/mol. The molecule has 1 aromatic rings. The van der Waals surface area contributed by atoms with Gasteiger partial charge in [0.25, 0.3) is 0 Å². The van der Waals surface area contributed by atoms with Crippen molar-refractivity contribution in [1.29, 1.82) is 0 Å². The summed E-state index contributed by atoms with van der Waals surface area (Å²) < 4.78 is 0. The van der Waals surface area contributed by atoms with Crippen molar-refractivity contribution in [3.63, 3.8) is 0 Å². The Bertz CT molecular complexity index is 488. The van der Waals surface area contributed by atoms with Crippen molar-refractivity contribution < 1.29 is 19.7 Å². The summed E-state index contributed by atoms with van der Waals surface area (Å²) >= 11 is 0. The number of aromatic carboxylic acids is 1. The van der Waals surface area contributed by atoms with Gasteiger partial charge in [0.15, 0.2) is 0 Å². The number of benzene rings is 1. The van der Waals surface area contributed by atoms with Crippen LogP contribution in [0, 0.1) is 27.2 Å². The molecule has 0 saturated carbocycles. The van der Waals surface area contributed by atoms with Crippen LogP contribution in [0.2, 0.25) is 0 Å². The smallest absolute Gasteiger partial charge is 0.335 e. The van der Waals surface area contributed by atoms with Gasteiger partial charge in [0.2, 0.25) is 13.1 Å². The second-order valence-corrected chi connectivity index (χ2v) is 3.71. The molecule has 0 radical (unpaired) electrons. The summed E-state index contributed by atoms with van der Waals surface area (Å²) in [6.45, 7) is 0.388. The average molecular weight is 254 g/mol. The quantitative estimate of drug-likeness (QED) is 0.622. The molecule has 1 N–H and O–H groups in total. The van der Waals surface area contributed by atoms with E-state index in [0.29, 0.717) is 5.56 Å². The summed E-state index contributed by atoms with van der Waals surface area (Å²) in [6, 6.07) is 2.34. The van der Waals surface area contributed by atoms with Gasteiger partial charge in [-0.3, -0.25) is 20.2 Å². The SMILES string of the molecule is Cc1c(C[N+](=O)[O-])cc(C(=O)O)cc1C[N+](=O)[O-]. The minimum atomic E-state index is -1.27. The summed E-state index contributed by atoms with van der Waals surface area (Å²) in [5, 5.41) is 29.8. The van der Waals surface area contributed by atoms with Crippen LogP contribution < -0.4 is 0 Å². The van der Waals surface area contributed by atoms with Crippen molar-refractivity contribution >= 4 is 5.97 Å². The van der Waals surface area contributed by atoms with E-state index in [-0.39, 0.29) is 16.7 Å². The summed E-state index contributed by atoms with van der Waals surface area (Å²) in [4.78, 5) is 30.6. The minimum Gasteiger partial charge on any atom is -0.478 e. The van der Waals surface area contributed by atoms with Crippen LogP contribution in [0.5, 0.6) is 0 Å². The Morgan fingerprint density at radius 1 is 1.17 bits per heavy atom. The van der Waals surface area contributed by atoms with Gasteiger partial charge in [-0.15, -0.1) is 0 Å². The summed E-state index contributed by atoms with van der Waals surface area (Å²) in [5.41, 5.74) is 0.552. The first kappa shape index (κ1) is 13.6. The molecule has 0 aliphatic rings. The summed E-state index contributed by atoms with van der Waals surface area (Å²) in [5.74, 6) is -1.27. The van der Waals surface area contributed by atoms with E-state index in [0.717, 1.165) is 0 Å². The second-order valence-electron chi connectivity index (χ2n) is 3.71. The second kappa shape index (κ2) is 5.21. The Hall–Kier alpha value is -2.51. The topological polar surface area (TPSA) is 124 Å². The third kappa shape index (κ3) is 3.24. The van der Waals surface area contributed by atoms with Crippen LogP contribution in [0.4, 0.5) is 0 Å². The highest BCUT2D eigenvalue weighted by Gasteiger charge is 2.17. The highest BCUT2D eigenvalue weighted by Crippen LogP contribution is 2.19. The predicted molar refractivity (Wildman–Crippen MR) is 59.5 cm³/mol. The molecule has 0 atom stereocenters. The van der Waals surface area contributed by atoms with E-state index in [1.165, 1.54) is 19.1 Å². The van der Waals surface area contributed by atoms with Gasteiger partial charge in [0, 0.05) is 21.0 Å². The number of carboxylic acids is 1. The van der Waals surface area contributed by atoms with Crippen LogP contribution in [-0.2, 0) is 13.1 Å². The molecule has 0 spiro atoms. The Morgan fingerprint density at radius 3 is 1.83 bits per heavy atom. The molecule has 96 valence electrons. The van der Waals surface area contributed by atoms with Gasteiger partial charge in [0.1, 0.15) is 0 Å². The maximum atomic E-state index is 10.8. The molecule has 0 fully saturated rings. The first-order valence-corrected chi connectivity index (χ1v) is 4.90. The zero-order valence-corrected chi connectivity index (χ0v) is 9.45. The fraction of sp³-hybridized carbons (Fsp3) is 0.300. The summed E-state index contributed by atoms with van der Waals surface area (Å²) in [6.07, 6.45) is 0. The summed E-state index contributed by atoms with van der Waals surface area (Å²) in [7, 11) is 0. The lowest BCUT2D eigenvalue weighted by Gasteiger charge is -2.08. The van der Waals surface area contributed by atoms with Gasteiger partial charge in [-0.25, -0.2) is 4.79 Å². The number of hydrogen-bond acceptors (Lipinski definition) is 5. The number of rotatable bonds is 5. The average Bonchev–Trinajstić information content (AvgIpc) is 2.22. The van der Waals surface area contributed by atoms with Crippen LogP contribution in [0.25, 0.3) is 0 Å². The molecular formula is C10H10N2O6. The lowest BCUT2D eigenvalue weighted by atomic mass is 9.98. The van der Waals surface area contributed by atoms with Gasteiger partial charge >= 0.3 is 5.97 Å². The van der Waals surface area contributed by atoms with Crippen LogP contribution in [-0.4, -0.2) is 20.9 Å². The number of nitro groups is 2. The van der Waals surface area contributed by atoms with E-state index in [1.807, 2.05) is 0 Å². The predicted octanol–water partition coefficient (Wildman–Crippen LogP) is 1.25. The van der Waals surface area contributed by atoms with Crippen LogP contribution in [0.1, 0.15) is 27.0 Å². The molecule has 0 heterocycles. The molecule has 8 nitrogen and oxygen atoms in total. The molecule has 0 aliphatic heterocycles. The van der Waals surface area contributed by atoms with Crippen LogP contribution >= 0.6 is 0 Å². The van der Waals surface area contributed by atoms with E-state index in [4.69, 9.17) is 5.11 Å². The molecule has 18 heavy (non-hydrogen) atoms. The van der Waals surface area contributed by atoms with Gasteiger partial charge in [-0.05, 0) is 24.6 Å². The number of carboxylic acid groups (broad SMARTS) is 1. The fourth-order valence-corrected chi connectivity index (χ4v) is 1.57. The van der Waals surface area contributed by atoms with Gasteiger partial charge in [0.05, 0.1) is 5.56 Å². The molecule has 0 amide bonds. The number of nitrogens with zero attached hydrogens (tertiary/aromatic N) is 2. The first-order valence-electron chi connectivity index (χ1n) is 4.90. The van der Waals surface area contributed by atoms with E-state index in [9.17, 15) is 25.0 Å². The maximum Gasteiger partial charge on any atom is 0.335 e. The lowest BCUT2D eigenvalue weighted by Crippen LogP contribution is -2.09. The van der Waals surface area contributed by atoms with Crippen molar-refractivity contribution in [3.8, 4) is 0 Å². The van der Waals surface area contributed by atoms with Crippen molar-refractivity contribution in [2.24, 2.45) is 0 Å². The maximum absolute atomic E-state index is 10.8. The van der Waals surface area contributed by atoms with Crippen LogP contribution in [0.3, 0.4) is 0 Å².